The van der Waals surface area contributed by atoms with Gasteiger partial charge in [0.1, 0.15) is 6.54 Å². The molecule has 9 heteroatoms. The molecular formula is C19H20N2O5S2. The smallest absolute Gasteiger partial charge is 0.323 e. The van der Waals surface area contributed by atoms with Crippen LogP contribution >= 0.6 is 23.1 Å². The third-order valence-corrected chi connectivity index (χ3v) is 10.6. The Kier molecular flexibility index (Phi) is 3.39. The predicted molar refractivity (Wildman–Crippen MR) is 101 cm³/mol. The predicted octanol–water partition coefficient (Wildman–Crippen LogP) is 1.67. The minimum absolute atomic E-state index is 0.0175. The minimum atomic E-state index is -1.15. The number of amides is 2. The lowest BCUT2D eigenvalue weighted by atomic mass is 9.61. The third kappa shape index (κ3) is 1.92. The number of hydrogen-bond acceptors (Lipinski definition) is 6. The van der Waals surface area contributed by atoms with Crippen molar-refractivity contribution < 1.29 is 19.5 Å². The maximum absolute atomic E-state index is 13.0. The largest absolute Gasteiger partial charge is 0.480 e. The summed E-state index contributed by atoms with van der Waals surface area (Å²) in [5.41, 5.74) is -0.0526. The highest BCUT2D eigenvalue weighted by atomic mass is 32.2. The van der Waals surface area contributed by atoms with Crippen molar-refractivity contribution in [3.63, 3.8) is 0 Å². The van der Waals surface area contributed by atoms with Gasteiger partial charge in [0, 0.05) is 15.5 Å². The summed E-state index contributed by atoms with van der Waals surface area (Å²) < 4.78 is 0. The lowest BCUT2D eigenvalue weighted by Gasteiger charge is -2.49. The average Bonchev–Trinajstić information content (AvgIpc) is 3.41. The first-order valence-corrected chi connectivity index (χ1v) is 11.6. The van der Waals surface area contributed by atoms with Crippen molar-refractivity contribution in [3.05, 3.63) is 14.5 Å². The zero-order valence-corrected chi connectivity index (χ0v) is 16.7. The fourth-order valence-corrected chi connectivity index (χ4v) is 10.4. The van der Waals surface area contributed by atoms with E-state index >= 15 is 0 Å². The van der Waals surface area contributed by atoms with E-state index in [-0.39, 0.29) is 51.0 Å². The number of aliphatic carboxylic acids is 1. The first kappa shape index (κ1) is 17.3. The maximum Gasteiger partial charge on any atom is 0.323 e. The van der Waals surface area contributed by atoms with E-state index in [0.717, 1.165) is 42.0 Å². The Morgan fingerprint density at radius 1 is 1.14 bits per heavy atom. The van der Waals surface area contributed by atoms with Crippen LogP contribution in [0.15, 0.2) is 9.82 Å². The Hall–Kier alpha value is -1.61. The molecule has 5 aliphatic rings. The number of hydrogen-bond donors (Lipinski definition) is 2. The van der Waals surface area contributed by atoms with Crippen LogP contribution < -0.4 is 4.87 Å². The lowest BCUT2D eigenvalue weighted by Crippen LogP contribution is -2.49. The van der Waals surface area contributed by atoms with Gasteiger partial charge in [-0.05, 0) is 37.0 Å². The van der Waals surface area contributed by atoms with Gasteiger partial charge in [-0.3, -0.25) is 24.1 Å². The highest BCUT2D eigenvalue weighted by Crippen LogP contribution is 2.71. The molecule has 0 unspecified atom stereocenters. The average molecular weight is 421 g/mol. The van der Waals surface area contributed by atoms with Gasteiger partial charge in [-0.1, -0.05) is 24.2 Å². The van der Waals surface area contributed by atoms with Crippen molar-refractivity contribution in [2.45, 2.75) is 47.8 Å². The number of fused-ring (bicyclic) bond motifs is 11. The molecule has 2 N–H and O–H groups in total. The van der Waals surface area contributed by atoms with Crippen molar-refractivity contribution in [2.75, 3.05) is 6.54 Å². The number of thiazole rings is 1. The summed E-state index contributed by atoms with van der Waals surface area (Å²) in [4.78, 5) is 54.4. The van der Waals surface area contributed by atoms with E-state index in [1.54, 1.807) is 11.8 Å². The van der Waals surface area contributed by atoms with Crippen LogP contribution in [-0.4, -0.2) is 44.6 Å². The van der Waals surface area contributed by atoms with Gasteiger partial charge in [-0.25, -0.2) is 0 Å². The Balaban J connectivity index is 1.45. The first-order chi connectivity index (χ1) is 13.4. The normalized spacial score (nSPS) is 39.5. The number of imide groups is 1. The second-order valence-electron chi connectivity index (χ2n) is 8.92. The Bertz CT molecular complexity index is 977. The quantitative estimate of drug-likeness (QED) is 0.705. The summed E-state index contributed by atoms with van der Waals surface area (Å²) in [5, 5.41) is 10.3. The second kappa shape index (κ2) is 5.50. The van der Waals surface area contributed by atoms with Crippen LogP contribution in [0.1, 0.15) is 37.0 Å². The van der Waals surface area contributed by atoms with Crippen LogP contribution in [0.2, 0.25) is 0 Å². The molecule has 2 bridgehead atoms. The van der Waals surface area contributed by atoms with Gasteiger partial charge in [0.05, 0.1) is 16.9 Å². The van der Waals surface area contributed by atoms with E-state index in [2.05, 4.69) is 4.98 Å². The molecule has 4 fully saturated rings. The molecule has 3 heterocycles. The first-order valence-electron chi connectivity index (χ1n) is 9.89. The molecule has 0 radical (unpaired) electrons. The van der Waals surface area contributed by atoms with Crippen molar-refractivity contribution in [1.82, 2.24) is 9.88 Å². The molecule has 6 rings (SSSR count). The van der Waals surface area contributed by atoms with Gasteiger partial charge in [0.15, 0.2) is 0 Å². The number of rotatable bonds is 2. The van der Waals surface area contributed by atoms with Crippen molar-refractivity contribution >= 4 is 40.9 Å². The second-order valence-corrected chi connectivity index (χ2v) is 11.1. The van der Waals surface area contributed by atoms with Crippen LogP contribution in [0.4, 0.5) is 0 Å². The van der Waals surface area contributed by atoms with Gasteiger partial charge in [0.25, 0.3) is 0 Å². The molecule has 1 aromatic rings. The molecule has 1 aromatic heterocycles. The molecule has 0 aromatic carbocycles. The Labute approximate surface area is 168 Å². The lowest BCUT2D eigenvalue weighted by molar-refractivity contribution is -0.150. The van der Waals surface area contributed by atoms with Gasteiger partial charge in [-0.2, -0.15) is 0 Å². The number of carbonyl (C=O) groups is 3. The number of H-pyrrole nitrogens is 1. The molecule has 1 spiro atoms. The van der Waals surface area contributed by atoms with E-state index in [4.69, 9.17) is 5.11 Å². The number of aromatic nitrogens is 1. The molecule has 148 valence electrons. The fourth-order valence-electron chi connectivity index (χ4n) is 7.26. The molecule has 3 saturated carbocycles. The third-order valence-electron chi connectivity index (χ3n) is 7.94. The number of thioether (sulfide) groups is 1. The SMILES string of the molecule is O=C(O)CN1C(=O)[C@@H]2[C@H]3C[C@@H]([C@@H]2C1=O)[C@H]1[C@H]3Sc2[nH]c(=O)sc2C12CCCC2. The summed E-state index contributed by atoms with van der Waals surface area (Å²) in [7, 11) is 0. The summed E-state index contributed by atoms with van der Waals surface area (Å²) in [6, 6.07) is 0. The number of carboxylic acid groups (broad SMARTS) is 1. The van der Waals surface area contributed by atoms with E-state index in [0.29, 0.717) is 5.92 Å². The number of aromatic amines is 1. The van der Waals surface area contributed by atoms with Gasteiger partial charge in [0.2, 0.25) is 11.8 Å². The highest BCUT2D eigenvalue weighted by Gasteiger charge is 2.72. The van der Waals surface area contributed by atoms with Crippen molar-refractivity contribution in [3.8, 4) is 0 Å². The molecule has 2 amide bonds. The number of nitrogens with one attached hydrogen (secondary N) is 1. The standard InChI is InChI=1S/C19H20N2O5S2/c22-9(23)6-21-16(24)10-7-5-8(11(10)17(21)25)13-12(7)19(3-1-2-4-19)14-15(27-13)20-18(26)28-14/h7-8,10-13H,1-6H2,(H,20,26)(H,22,23)/t7-,8+,10-,11+,12-,13-/m0/s1. The Morgan fingerprint density at radius 2 is 1.82 bits per heavy atom. The molecule has 1 saturated heterocycles. The highest BCUT2D eigenvalue weighted by molar-refractivity contribution is 8.00. The van der Waals surface area contributed by atoms with Crippen molar-refractivity contribution in [2.24, 2.45) is 29.6 Å². The van der Waals surface area contributed by atoms with Crippen LogP contribution in [0.3, 0.4) is 0 Å². The van der Waals surface area contributed by atoms with E-state index in [1.165, 1.54) is 16.2 Å². The molecule has 3 aliphatic carbocycles. The summed E-state index contributed by atoms with van der Waals surface area (Å²) >= 11 is 3.02. The molecule has 28 heavy (non-hydrogen) atoms. The van der Waals surface area contributed by atoms with E-state index < -0.39 is 12.5 Å². The molecule has 7 nitrogen and oxygen atoms in total. The number of carbonyl (C=O) groups excluding carboxylic acids is 2. The summed E-state index contributed by atoms with van der Waals surface area (Å²) in [5.74, 6) is -1.96. The van der Waals surface area contributed by atoms with Gasteiger partial charge < -0.3 is 10.1 Å². The number of likely N-dealkylation sites (tertiary alicyclic amines) is 1. The summed E-state index contributed by atoms with van der Waals surface area (Å²) in [6.07, 6.45) is 5.21. The van der Waals surface area contributed by atoms with E-state index in [9.17, 15) is 19.2 Å². The Morgan fingerprint density at radius 3 is 2.50 bits per heavy atom. The summed E-state index contributed by atoms with van der Waals surface area (Å²) in [6.45, 7) is -0.529. The number of carboxylic acids is 1. The molecular weight excluding hydrogens is 400 g/mol. The van der Waals surface area contributed by atoms with Crippen LogP contribution in [-0.2, 0) is 19.8 Å². The fraction of sp³-hybridized carbons (Fsp3) is 0.684. The van der Waals surface area contributed by atoms with Gasteiger partial charge in [-0.15, -0.1) is 11.8 Å². The minimum Gasteiger partial charge on any atom is -0.480 e. The number of nitrogens with zero attached hydrogens (tertiary/aromatic N) is 1. The monoisotopic (exact) mass is 420 g/mol. The zero-order valence-electron chi connectivity index (χ0n) is 15.1. The zero-order chi connectivity index (χ0) is 19.4. The van der Waals surface area contributed by atoms with Crippen molar-refractivity contribution in [1.29, 1.82) is 0 Å². The van der Waals surface area contributed by atoms with E-state index in [1.807, 2.05) is 0 Å². The van der Waals surface area contributed by atoms with Crippen LogP contribution in [0.5, 0.6) is 0 Å². The molecule has 6 atom stereocenters. The maximum atomic E-state index is 13.0. The topological polar surface area (TPSA) is 108 Å². The molecule has 2 aliphatic heterocycles. The van der Waals surface area contributed by atoms with Gasteiger partial charge >= 0.3 is 10.8 Å². The van der Waals surface area contributed by atoms with Crippen LogP contribution in [0.25, 0.3) is 0 Å². The van der Waals surface area contributed by atoms with Crippen LogP contribution in [0, 0.1) is 29.6 Å².